The minimum absolute atomic E-state index is 0.0562. The van der Waals surface area contributed by atoms with Crippen molar-refractivity contribution in [3.63, 3.8) is 0 Å². The molecule has 5 N–H and O–H groups in total. The van der Waals surface area contributed by atoms with E-state index in [1.165, 1.54) is 6.92 Å². The molecule has 2 unspecified atom stereocenters. The van der Waals surface area contributed by atoms with Crippen molar-refractivity contribution in [1.29, 1.82) is 0 Å². The van der Waals surface area contributed by atoms with E-state index in [0.717, 1.165) is 0 Å². The van der Waals surface area contributed by atoms with E-state index in [1.54, 1.807) is 0 Å². The van der Waals surface area contributed by atoms with Gasteiger partial charge in [-0.05, 0) is 19.3 Å². The molecule has 0 saturated carbocycles. The molecule has 0 radical (unpaired) electrons. The third kappa shape index (κ3) is 8.06. The maximum absolute atomic E-state index is 11.3. The number of rotatable bonds is 7. The van der Waals surface area contributed by atoms with Crippen LogP contribution in [0.1, 0.15) is 26.7 Å². The molecule has 0 rings (SSSR count). The summed E-state index contributed by atoms with van der Waals surface area (Å²) in [6.45, 7) is 3.67. The maximum Gasteiger partial charge on any atom is 0.315 e. The van der Waals surface area contributed by atoms with E-state index in [2.05, 4.69) is 10.6 Å². The Labute approximate surface area is 99.7 Å². The highest BCUT2D eigenvalue weighted by molar-refractivity contribution is 5.85. The molecular weight excluding hydrogens is 226 g/mol. The van der Waals surface area contributed by atoms with Gasteiger partial charge in [0.05, 0.1) is 0 Å². The van der Waals surface area contributed by atoms with Gasteiger partial charge in [-0.25, -0.2) is 4.79 Å². The molecule has 3 amide bonds. The lowest BCUT2D eigenvalue weighted by molar-refractivity contribution is -0.137. The first-order valence-corrected chi connectivity index (χ1v) is 5.38. The molecule has 0 heterocycles. The summed E-state index contributed by atoms with van der Waals surface area (Å²) in [4.78, 5) is 32.2. The number of primary amides is 1. The fourth-order valence-electron chi connectivity index (χ4n) is 1.06. The van der Waals surface area contributed by atoms with E-state index in [-0.39, 0.29) is 12.3 Å². The number of hydrogen-bond donors (Lipinski definition) is 4. The highest BCUT2D eigenvalue weighted by Crippen LogP contribution is 2.03. The lowest BCUT2D eigenvalue weighted by Gasteiger charge is -2.14. The van der Waals surface area contributed by atoms with Crippen molar-refractivity contribution in [3.8, 4) is 0 Å². The van der Waals surface area contributed by atoms with Crippen LogP contribution in [0.25, 0.3) is 0 Å². The molecule has 98 valence electrons. The van der Waals surface area contributed by atoms with Crippen LogP contribution in [0.4, 0.5) is 4.79 Å². The van der Waals surface area contributed by atoms with Crippen molar-refractivity contribution in [1.82, 2.24) is 10.6 Å². The number of carbonyl (C=O) groups is 3. The number of urea groups is 1. The van der Waals surface area contributed by atoms with Crippen LogP contribution in [-0.4, -0.2) is 35.6 Å². The lowest BCUT2D eigenvalue weighted by atomic mass is 10.1. The van der Waals surface area contributed by atoms with Gasteiger partial charge < -0.3 is 21.5 Å². The van der Waals surface area contributed by atoms with Crippen molar-refractivity contribution < 1.29 is 19.5 Å². The number of carboxylic acid groups (broad SMARTS) is 1. The quantitative estimate of drug-likeness (QED) is 0.490. The van der Waals surface area contributed by atoms with Gasteiger partial charge in [0.1, 0.15) is 6.04 Å². The number of carboxylic acids is 1. The van der Waals surface area contributed by atoms with Gasteiger partial charge in [0.2, 0.25) is 5.91 Å². The maximum atomic E-state index is 11.3. The molecule has 0 saturated heterocycles. The molecule has 0 spiro atoms. The minimum atomic E-state index is -0.858. The van der Waals surface area contributed by atoms with Crippen LogP contribution < -0.4 is 16.4 Å². The Kier molecular flexibility index (Phi) is 6.69. The molecule has 0 aromatic rings. The monoisotopic (exact) mass is 245 g/mol. The number of hydrogen-bond acceptors (Lipinski definition) is 3. The van der Waals surface area contributed by atoms with Crippen molar-refractivity contribution >= 4 is 17.9 Å². The van der Waals surface area contributed by atoms with Gasteiger partial charge >= 0.3 is 12.0 Å². The summed E-state index contributed by atoms with van der Waals surface area (Å²) in [6.07, 6.45) is 0.559. The molecule has 0 aliphatic carbocycles. The Morgan fingerprint density at radius 1 is 1.29 bits per heavy atom. The van der Waals surface area contributed by atoms with Gasteiger partial charge in [-0.2, -0.15) is 0 Å². The Morgan fingerprint density at radius 3 is 2.35 bits per heavy atom. The predicted molar refractivity (Wildman–Crippen MR) is 61.2 cm³/mol. The summed E-state index contributed by atoms with van der Waals surface area (Å²) in [5.74, 6) is -1.41. The fraction of sp³-hybridized carbons (Fsp3) is 0.700. The molecule has 7 nitrogen and oxygen atoms in total. The molecule has 0 aliphatic rings. The summed E-state index contributed by atoms with van der Waals surface area (Å²) in [5.41, 5.74) is 4.97. The zero-order chi connectivity index (χ0) is 13.4. The fourth-order valence-corrected chi connectivity index (χ4v) is 1.06. The van der Waals surface area contributed by atoms with Crippen molar-refractivity contribution in [2.45, 2.75) is 32.7 Å². The minimum Gasteiger partial charge on any atom is -0.481 e. The average Bonchev–Trinajstić information content (AvgIpc) is 2.23. The third-order valence-electron chi connectivity index (χ3n) is 2.24. The number of amides is 3. The van der Waals surface area contributed by atoms with Crippen molar-refractivity contribution in [3.05, 3.63) is 0 Å². The summed E-state index contributed by atoms with van der Waals surface area (Å²) in [6, 6.07) is -1.22. The molecule has 0 aromatic heterocycles. The normalized spacial score (nSPS) is 13.5. The molecule has 2 atom stereocenters. The van der Waals surface area contributed by atoms with E-state index in [1.807, 2.05) is 6.92 Å². The molecule has 17 heavy (non-hydrogen) atoms. The van der Waals surface area contributed by atoms with Crippen LogP contribution in [-0.2, 0) is 9.59 Å². The SMILES string of the molecule is CC(CCC(=O)O)CNC(=O)NC(C)C(N)=O. The number of nitrogens with one attached hydrogen (secondary N) is 2. The van der Waals surface area contributed by atoms with Crippen LogP contribution in [0.3, 0.4) is 0 Å². The van der Waals surface area contributed by atoms with Crippen LogP contribution in [0.2, 0.25) is 0 Å². The van der Waals surface area contributed by atoms with E-state index in [0.29, 0.717) is 13.0 Å². The van der Waals surface area contributed by atoms with E-state index >= 15 is 0 Å². The third-order valence-corrected chi connectivity index (χ3v) is 2.24. The molecular formula is C10H19N3O4. The molecule has 0 aromatic carbocycles. The Balaban J connectivity index is 3.76. The van der Waals surface area contributed by atoms with Gasteiger partial charge in [0, 0.05) is 13.0 Å². The van der Waals surface area contributed by atoms with E-state index < -0.39 is 23.9 Å². The molecule has 7 heteroatoms. The largest absolute Gasteiger partial charge is 0.481 e. The molecule has 0 fully saturated rings. The topological polar surface area (TPSA) is 122 Å². The molecule has 0 aliphatic heterocycles. The molecule has 0 bridgehead atoms. The van der Waals surface area contributed by atoms with Crippen LogP contribution >= 0.6 is 0 Å². The lowest BCUT2D eigenvalue weighted by Crippen LogP contribution is -2.47. The van der Waals surface area contributed by atoms with Gasteiger partial charge in [-0.15, -0.1) is 0 Å². The second kappa shape index (κ2) is 7.48. The average molecular weight is 245 g/mol. The Morgan fingerprint density at radius 2 is 1.88 bits per heavy atom. The number of nitrogens with two attached hydrogens (primary N) is 1. The van der Waals surface area contributed by atoms with Gasteiger partial charge in [-0.1, -0.05) is 6.92 Å². The Bertz CT molecular complexity index is 293. The first-order valence-electron chi connectivity index (χ1n) is 5.38. The van der Waals surface area contributed by atoms with E-state index in [9.17, 15) is 14.4 Å². The highest BCUT2D eigenvalue weighted by atomic mass is 16.4. The first-order chi connectivity index (χ1) is 7.82. The second-order valence-electron chi connectivity index (χ2n) is 4.02. The summed E-state index contributed by atoms with van der Waals surface area (Å²) < 4.78 is 0. The van der Waals surface area contributed by atoms with Crippen LogP contribution in [0.15, 0.2) is 0 Å². The summed E-state index contributed by atoms with van der Waals surface area (Å²) >= 11 is 0. The van der Waals surface area contributed by atoms with Crippen molar-refractivity contribution in [2.75, 3.05) is 6.54 Å². The predicted octanol–water partition coefficient (Wildman–Crippen LogP) is -0.340. The summed E-state index contributed by atoms with van der Waals surface area (Å²) in [5, 5.41) is 13.4. The second-order valence-corrected chi connectivity index (χ2v) is 4.02. The zero-order valence-electron chi connectivity index (χ0n) is 10.0. The van der Waals surface area contributed by atoms with Gasteiger partial charge in [0.15, 0.2) is 0 Å². The van der Waals surface area contributed by atoms with Gasteiger partial charge in [-0.3, -0.25) is 9.59 Å². The van der Waals surface area contributed by atoms with Crippen LogP contribution in [0.5, 0.6) is 0 Å². The Hall–Kier alpha value is -1.79. The number of aliphatic carboxylic acids is 1. The van der Waals surface area contributed by atoms with Crippen LogP contribution in [0, 0.1) is 5.92 Å². The standard InChI is InChI=1S/C10H19N3O4/c1-6(3-4-8(14)15)5-12-10(17)13-7(2)9(11)16/h6-7H,3-5H2,1-2H3,(H2,11,16)(H,14,15)(H2,12,13,17). The number of carbonyl (C=O) groups excluding carboxylic acids is 2. The van der Waals surface area contributed by atoms with E-state index in [4.69, 9.17) is 10.8 Å². The zero-order valence-corrected chi connectivity index (χ0v) is 10.0. The highest BCUT2D eigenvalue weighted by Gasteiger charge is 2.12. The van der Waals surface area contributed by atoms with Crippen molar-refractivity contribution in [2.24, 2.45) is 11.7 Å². The van der Waals surface area contributed by atoms with Gasteiger partial charge in [0.25, 0.3) is 0 Å². The first kappa shape index (κ1) is 15.2. The smallest absolute Gasteiger partial charge is 0.315 e. The summed E-state index contributed by atoms with van der Waals surface area (Å²) in [7, 11) is 0.